The van der Waals surface area contributed by atoms with Crippen molar-refractivity contribution in [3.8, 4) is 0 Å². The molecule has 0 aromatic carbocycles. The number of thioether (sulfide) groups is 1. The maximum absolute atomic E-state index is 13.0. The van der Waals surface area contributed by atoms with Crippen LogP contribution in [0.1, 0.15) is 57.8 Å². The van der Waals surface area contributed by atoms with E-state index in [0.717, 1.165) is 62.4 Å². The molecule has 3 saturated heterocycles. The van der Waals surface area contributed by atoms with Crippen LogP contribution in [0.3, 0.4) is 0 Å². The van der Waals surface area contributed by atoms with Crippen molar-refractivity contribution in [2.75, 3.05) is 25.5 Å². The average Bonchev–Trinajstić information content (AvgIpc) is 3.41. The molecule has 9 heteroatoms. The minimum absolute atomic E-state index is 0.0563. The lowest BCUT2D eigenvalue weighted by Crippen LogP contribution is -2.53. The number of amides is 2. The van der Waals surface area contributed by atoms with E-state index < -0.39 is 17.7 Å². The Balaban J connectivity index is 1.40. The van der Waals surface area contributed by atoms with Crippen LogP contribution >= 0.6 is 11.8 Å². The summed E-state index contributed by atoms with van der Waals surface area (Å²) in [4.78, 5) is 40.7. The third-order valence-electron chi connectivity index (χ3n) is 6.80. The Hall–Kier alpha value is -1.61. The maximum Gasteiger partial charge on any atom is 0.309 e. The van der Waals surface area contributed by atoms with Gasteiger partial charge in [-0.2, -0.15) is 0 Å². The van der Waals surface area contributed by atoms with Gasteiger partial charge in [-0.1, -0.05) is 31.0 Å². The molecule has 1 aliphatic carbocycles. The van der Waals surface area contributed by atoms with Gasteiger partial charge in [-0.05, 0) is 44.4 Å². The summed E-state index contributed by atoms with van der Waals surface area (Å²) in [6.45, 7) is 2.04. The molecule has 30 heavy (non-hydrogen) atoms. The molecular weight excluding hydrogens is 404 g/mol. The summed E-state index contributed by atoms with van der Waals surface area (Å²) in [5.74, 6) is -0.599. The molecule has 2 N–H and O–H groups in total. The van der Waals surface area contributed by atoms with Gasteiger partial charge in [0.05, 0.1) is 0 Å². The molecule has 4 aliphatic rings. The molecule has 3 heterocycles. The molecule has 0 radical (unpaired) electrons. The van der Waals surface area contributed by atoms with E-state index >= 15 is 0 Å². The van der Waals surface area contributed by atoms with Gasteiger partial charge in [0, 0.05) is 37.5 Å². The fraction of sp³-hybridized carbons (Fsp3) is 0.810. The average molecular weight is 437 g/mol. The lowest BCUT2D eigenvalue weighted by molar-refractivity contribution is -0.142. The second-order valence-corrected chi connectivity index (χ2v) is 9.76. The van der Waals surface area contributed by atoms with Crippen LogP contribution in [-0.2, 0) is 19.1 Å². The maximum atomic E-state index is 13.0. The van der Waals surface area contributed by atoms with E-state index in [1.165, 1.54) is 0 Å². The number of hydrogen-bond acceptors (Lipinski definition) is 6. The van der Waals surface area contributed by atoms with Crippen molar-refractivity contribution in [2.24, 2.45) is 16.9 Å². The third kappa shape index (κ3) is 4.99. The molecule has 2 atom stereocenters. The number of rotatable bonds is 6. The molecule has 0 bridgehead atoms. The summed E-state index contributed by atoms with van der Waals surface area (Å²) in [7, 11) is 0. The normalized spacial score (nSPS) is 27.7. The summed E-state index contributed by atoms with van der Waals surface area (Å²) in [5, 5.41) is 7.95. The molecule has 4 fully saturated rings. The van der Waals surface area contributed by atoms with Gasteiger partial charge < -0.3 is 15.0 Å². The SMILES string of the molecule is O=C(NN=C1SC[C@H]2CCCN12)C(=O)[C@@H](NC(=O)C1CCCCC1)C1CCOCC1. The van der Waals surface area contributed by atoms with Crippen molar-refractivity contribution in [2.45, 2.75) is 69.9 Å². The largest absolute Gasteiger partial charge is 0.381 e. The molecule has 0 aromatic rings. The van der Waals surface area contributed by atoms with Crippen LogP contribution in [-0.4, -0.2) is 65.3 Å². The van der Waals surface area contributed by atoms with Crippen molar-refractivity contribution in [3.05, 3.63) is 0 Å². The van der Waals surface area contributed by atoms with Crippen molar-refractivity contribution < 1.29 is 19.1 Å². The number of carbonyl (C=O) groups excluding carboxylic acids is 3. The quantitative estimate of drug-likeness (QED) is 0.485. The zero-order valence-electron chi connectivity index (χ0n) is 17.4. The highest BCUT2D eigenvalue weighted by Gasteiger charge is 2.37. The molecule has 1 saturated carbocycles. The Morgan fingerprint density at radius 2 is 1.80 bits per heavy atom. The number of hydrogen-bond donors (Lipinski definition) is 2. The number of carbonyl (C=O) groups is 3. The first-order chi connectivity index (χ1) is 14.6. The van der Waals surface area contributed by atoms with Crippen LogP contribution in [0.4, 0.5) is 0 Å². The number of nitrogens with one attached hydrogen (secondary N) is 2. The van der Waals surface area contributed by atoms with Crippen LogP contribution in [0.15, 0.2) is 5.10 Å². The lowest BCUT2D eigenvalue weighted by Gasteiger charge is -2.31. The topological polar surface area (TPSA) is 100 Å². The first-order valence-electron chi connectivity index (χ1n) is 11.3. The number of fused-ring (bicyclic) bond motifs is 1. The van der Waals surface area contributed by atoms with E-state index in [0.29, 0.717) is 32.1 Å². The highest BCUT2D eigenvalue weighted by Crippen LogP contribution is 2.31. The van der Waals surface area contributed by atoms with Crippen LogP contribution in [0.25, 0.3) is 0 Å². The Kier molecular flexibility index (Phi) is 7.30. The molecule has 0 unspecified atom stereocenters. The lowest BCUT2D eigenvalue weighted by atomic mass is 9.85. The van der Waals surface area contributed by atoms with Crippen molar-refractivity contribution in [3.63, 3.8) is 0 Å². The predicted molar refractivity (Wildman–Crippen MR) is 115 cm³/mol. The van der Waals surface area contributed by atoms with E-state index in [9.17, 15) is 14.4 Å². The van der Waals surface area contributed by atoms with Gasteiger partial charge in [-0.3, -0.25) is 14.4 Å². The highest BCUT2D eigenvalue weighted by atomic mass is 32.2. The van der Waals surface area contributed by atoms with Gasteiger partial charge in [0.15, 0.2) is 5.17 Å². The van der Waals surface area contributed by atoms with Crippen LogP contribution in [0, 0.1) is 11.8 Å². The Labute approximate surface area is 181 Å². The fourth-order valence-electron chi connectivity index (χ4n) is 4.99. The second kappa shape index (κ2) is 10.1. The third-order valence-corrected chi connectivity index (χ3v) is 7.93. The molecule has 0 aromatic heterocycles. The monoisotopic (exact) mass is 436 g/mol. The molecule has 0 spiro atoms. The van der Waals surface area contributed by atoms with Gasteiger partial charge in [0.25, 0.3) is 0 Å². The number of hydrazone groups is 1. The van der Waals surface area contributed by atoms with E-state index in [2.05, 4.69) is 20.7 Å². The fourth-order valence-corrected chi connectivity index (χ4v) is 6.19. The Bertz CT molecular complexity index is 688. The Morgan fingerprint density at radius 1 is 1.03 bits per heavy atom. The molecule has 3 aliphatic heterocycles. The van der Waals surface area contributed by atoms with E-state index in [1.807, 2.05) is 0 Å². The smallest absolute Gasteiger partial charge is 0.309 e. The number of ether oxygens (including phenoxy) is 1. The molecular formula is C21H32N4O4S. The first kappa shape index (κ1) is 21.6. The van der Waals surface area contributed by atoms with Gasteiger partial charge in [0.1, 0.15) is 6.04 Å². The predicted octanol–water partition coefficient (Wildman–Crippen LogP) is 1.65. The standard InChI is InChI=1S/C21H32N4O4S/c26-18(20(28)23-24-21-25-10-4-7-16(25)13-30-21)17(14-8-11-29-12-9-14)22-19(27)15-5-2-1-3-6-15/h14-17H,1-13H2,(H,22,27)(H,23,28)/t16-,17+/m1/s1. The van der Waals surface area contributed by atoms with E-state index in [4.69, 9.17) is 4.74 Å². The minimum atomic E-state index is -0.806. The van der Waals surface area contributed by atoms with E-state index in [-0.39, 0.29) is 17.7 Å². The summed E-state index contributed by atoms with van der Waals surface area (Å²) >= 11 is 1.62. The van der Waals surface area contributed by atoms with Gasteiger partial charge >= 0.3 is 5.91 Å². The van der Waals surface area contributed by atoms with Crippen molar-refractivity contribution in [1.82, 2.24) is 15.6 Å². The highest BCUT2D eigenvalue weighted by molar-refractivity contribution is 8.14. The Morgan fingerprint density at radius 3 is 2.57 bits per heavy atom. The molecule has 4 rings (SSSR count). The summed E-state index contributed by atoms with van der Waals surface area (Å²) in [6, 6.07) is -0.314. The number of Topliss-reactive ketones (excluding diaryl/α,β-unsaturated/α-hetero) is 1. The second-order valence-electron chi connectivity index (χ2n) is 8.77. The van der Waals surface area contributed by atoms with Crippen molar-refractivity contribution >= 4 is 34.5 Å². The van der Waals surface area contributed by atoms with Crippen LogP contribution < -0.4 is 10.7 Å². The first-order valence-corrected chi connectivity index (χ1v) is 12.3. The molecule has 166 valence electrons. The molecule has 8 nitrogen and oxygen atoms in total. The van der Waals surface area contributed by atoms with E-state index in [1.54, 1.807) is 11.8 Å². The number of ketones is 1. The zero-order valence-corrected chi connectivity index (χ0v) is 18.3. The van der Waals surface area contributed by atoms with Gasteiger partial charge in [-0.15, -0.1) is 5.10 Å². The number of amidine groups is 1. The number of nitrogens with zero attached hydrogens (tertiary/aromatic N) is 2. The summed E-state index contributed by atoms with van der Waals surface area (Å²) in [6.07, 6.45) is 8.56. The minimum Gasteiger partial charge on any atom is -0.381 e. The molecule has 2 amide bonds. The summed E-state index contributed by atoms with van der Waals surface area (Å²) in [5.41, 5.74) is 2.46. The van der Waals surface area contributed by atoms with Crippen LogP contribution in [0.5, 0.6) is 0 Å². The summed E-state index contributed by atoms with van der Waals surface area (Å²) < 4.78 is 5.41. The van der Waals surface area contributed by atoms with Crippen LogP contribution in [0.2, 0.25) is 0 Å². The zero-order chi connectivity index (χ0) is 20.9. The van der Waals surface area contributed by atoms with Crippen molar-refractivity contribution in [1.29, 1.82) is 0 Å². The van der Waals surface area contributed by atoms with Gasteiger partial charge in [0.2, 0.25) is 11.7 Å². The van der Waals surface area contributed by atoms with Gasteiger partial charge in [-0.25, -0.2) is 5.43 Å².